The van der Waals surface area contributed by atoms with Gasteiger partial charge in [0.05, 0.1) is 6.61 Å². The maximum absolute atomic E-state index is 10.8. The predicted octanol–water partition coefficient (Wildman–Crippen LogP) is 5.46. The normalized spacial score (nSPS) is 10.0. The molecule has 0 bridgehead atoms. The molecule has 0 aliphatic rings. The van der Waals surface area contributed by atoms with E-state index in [9.17, 15) is 4.53 Å². The summed E-state index contributed by atoms with van der Waals surface area (Å²) in [6.45, 7) is 8.70. The molecule has 2 nitrogen and oxygen atoms in total. The Morgan fingerprint density at radius 3 is 1.33 bits per heavy atom. The number of ether oxygens (including phenoxy) is 1. The van der Waals surface area contributed by atoms with Crippen molar-refractivity contribution in [1.82, 2.24) is 0 Å². The molecule has 0 atom stereocenters. The third kappa shape index (κ3) is 24.9. The molecule has 0 aliphatic carbocycles. The second-order valence-electron chi connectivity index (χ2n) is 4.55. The molecular formula is C15H33FO2. The summed E-state index contributed by atoms with van der Waals surface area (Å²) in [5.74, 6) is 0. The van der Waals surface area contributed by atoms with Gasteiger partial charge in [-0.25, -0.2) is 0 Å². The van der Waals surface area contributed by atoms with Crippen molar-refractivity contribution in [1.29, 1.82) is 0 Å². The molecule has 0 unspecified atom stereocenters. The lowest BCUT2D eigenvalue weighted by Crippen LogP contribution is -1.96. The van der Waals surface area contributed by atoms with Crippen LogP contribution in [0.2, 0.25) is 0 Å². The number of halogens is 1. The van der Waals surface area contributed by atoms with E-state index in [2.05, 4.69) is 25.7 Å². The fraction of sp³-hybridized carbons (Fsp3) is 1.00. The smallest absolute Gasteiger partial charge is 0.0876 e. The Morgan fingerprint density at radius 2 is 1.00 bits per heavy atom. The molecule has 0 aromatic heterocycles. The minimum Gasteiger partial charge on any atom is -0.381 e. The van der Waals surface area contributed by atoms with E-state index in [4.69, 9.17) is 4.74 Å². The van der Waals surface area contributed by atoms with E-state index >= 15 is 0 Å². The molecule has 0 rings (SSSR count). The molecule has 18 heavy (non-hydrogen) atoms. The van der Waals surface area contributed by atoms with E-state index in [1.165, 1.54) is 38.5 Å². The molecule has 0 spiro atoms. The van der Waals surface area contributed by atoms with Gasteiger partial charge in [-0.3, -0.25) is 0 Å². The highest BCUT2D eigenvalue weighted by molar-refractivity contribution is 4.38. The van der Waals surface area contributed by atoms with Crippen LogP contribution < -0.4 is 0 Å². The Bertz CT molecular complexity index is 109. The summed E-state index contributed by atoms with van der Waals surface area (Å²) in [5.41, 5.74) is 0. The number of rotatable bonds is 12. The number of unbranched alkanes of at least 4 members (excludes halogenated alkanes) is 6. The van der Waals surface area contributed by atoms with Crippen molar-refractivity contribution in [3.8, 4) is 0 Å². The van der Waals surface area contributed by atoms with Crippen molar-refractivity contribution in [2.75, 3.05) is 19.8 Å². The first-order chi connectivity index (χ1) is 8.83. The van der Waals surface area contributed by atoms with E-state index < -0.39 is 0 Å². The maximum Gasteiger partial charge on any atom is 0.0876 e. The van der Waals surface area contributed by atoms with Crippen molar-refractivity contribution in [3.63, 3.8) is 0 Å². The van der Waals surface area contributed by atoms with Gasteiger partial charge in [-0.1, -0.05) is 59.3 Å². The number of hydrogen-bond donors (Lipinski definition) is 0. The van der Waals surface area contributed by atoms with Crippen molar-refractivity contribution in [3.05, 3.63) is 0 Å². The minimum absolute atomic E-state index is 0.258. The first-order valence-corrected chi connectivity index (χ1v) is 7.64. The molecule has 112 valence electrons. The van der Waals surface area contributed by atoms with Gasteiger partial charge in [-0.05, 0) is 23.8 Å². The zero-order valence-electron chi connectivity index (χ0n) is 12.7. The third-order valence-electron chi connectivity index (χ3n) is 2.61. The second-order valence-corrected chi connectivity index (χ2v) is 4.55. The Morgan fingerprint density at radius 1 is 0.611 bits per heavy atom. The molecule has 0 radical (unpaired) electrons. The highest BCUT2D eigenvalue weighted by Gasteiger charge is 1.88. The maximum atomic E-state index is 10.8. The first kappa shape index (κ1) is 20.2. The Hall–Kier alpha value is -0.150. The second kappa shape index (κ2) is 22.1. The highest BCUT2D eigenvalue weighted by Crippen LogP contribution is 1.97. The van der Waals surface area contributed by atoms with Gasteiger partial charge in [-0.2, -0.15) is 4.94 Å². The number of hydrogen-bond acceptors (Lipinski definition) is 2. The highest BCUT2D eigenvalue weighted by atomic mass is 19.3. The molecular weight excluding hydrogens is 231 g/mol. The van der Waals surface area contributed by atoms with Crippen LogP contribution in [0, 0.1) is 0 Å². The van der Waals surface area contributed by atoms with E-state index in [0.29, 0.717) is 0 Å². The summed E-state index contributed by atoms with van der Waals surface area (Å²) in [7, 11) is 0. The zero-order valence-corrected chi connectivity index (χ0v) is 12.7. The minimum atomic E-state index is 0.258. The molecule has 0 saturated heterocycles. The summed E-state index contributed by atoms with van der Waals surface area (Å²) in [6, 6.07) is 0. The van der Waals surface area contributed by atoms with E-state index in [1.54, 1.807) is 0 Å². The molecule has 0 aromatic rings. The van der Waals surface area contributed by atoms with Crippen molar-refractivity contribution < 1.29 is 14.2 Å². The monoisotopic (exact) mass is 264 g/mol. The van der Waals surface area contributed by atoms with Gasteiger partial charge in [0.15, 0.2) is 0 Å². The van der Waals surface area contributed by atoms with Crippen LogP contribution in [0.15, 0.2) is 0 Å². The SMILES string of the molecule is CCCCCOCCCCC.CCCCCOF. The molecule has 0 saturated carbocycles. The summed E-state index contributed by atoms with van der Waals surface area (Å²) in [5, 5.41) is 0. The lowest BCUT2D eigenvalue weighted by molar-refractivity contribution is -0.132. The van der Waals surface area contributed by atoms with E-state index in [-0.39, 0.29) is 6.61 Å². The van der Waals surface area contributed by atoms with Gasteiger partial charge in [0.2, 0.25) is 0 Å². The molecule has 3 heteroatoms. The van der Waals surface area contributed by atoms with Crippen LogP contribution in [0.3, 0.4) is 0 Å². The molecule has 0 aromatic carbocycles. The van der Waals surface area contributed by atoms with E-state index in [0.717, 1.165) is 32.5 Å². The van der Waals surface area contributed by atoms with Gasteiger partial charge < -0.3 is 4.74 Å². The predicted molar refractivity (Wildman–Crippen MR) is 76.5 cm³/mol. The van der Waals surface area contributed by atoms with Crippen LogP contribution in [0.25, 0.3) is 0 Å². The molecule has 0 N–H and O–H groups in total. The van der Waals surface area contributed by atoms with Crippen LogP contribution in [0.1, 0.15) is 78.6 Å². The molecule has 0 heterocycles. The van der Waals surface area contributed by atoms with Crippen molar-refractivity contribution in [2.24, 2.45) is 0 Å². The van der Waals surface area contributed by atoms with Gasteiger partial charge in [0.1, 0.15) is 0 Å². The summed E-state index contributed by atoms with van der Waals surface area (Å²) in [6.07, 6.45) is 10.7. The molecule has 0 fully saturated rings. The fourth-order valence-corrected chi connectivity index (χ4v) is 1.42. The quantitative estimate of drug-likeness (QED) is 0.436. The third-order valence-corrected chi connectivity index (χ3v) is 2.61. The van der Waals surface area contributed by atoms with Gasteiger partial charge >= 0.3 is 0 Å². The van der Waals surface area contributed by atoms with Gasteiger partial charge in [-0.15, -0.1) is 0 Å². The average Bonchev–Trinajstić information content (AvgIpc) is 2.39. The van der Waals surface area contributed by atoms with Crippen LogP contribution >= 0.6 is 0 Å². The Balaban J connectivity index is 0. The average molecular weight is 264 g/mol. The van der Waals surface area contributed by atoms with Crippen LogP contribution in [0.5, 0.6) is 0 Å². The van der Waals surface area contributed by atoms with Crippen LogP contribution in [-0.4, -0.2) is 19.8 Å². The van der Waals surface area contributed by atoms with Gasteiger partial charge in [0, 0.05) is 13.2 Å². The summed E-state index contributed by atoms with van der Waals surface area (Å²) in [4.78, 5) is 3.34. The standard InChI is InChI=1S/C10H22O.C5H11FO/c1-3-5-7-9-11-10-8-6-4-2;1-2-3-4-5-7-6/h3-10H2,1-2H3;2-5H2,1H3. The summed E-state index contributed by atoms with van der Waals surface area (Å²) < 4.78 is 16.3. The topological polar surface area (TPSA) is 18.5 Å². The van der Waals surface area contributed by atoms with Crippen LogP contribution in [0.4, 0.5) is 4.53 Å². The van der Waals surface area contributed by atoms with Crippen LogP contribution in [-0.2, 0) is 9.68 Å². The Labute approximate surface area is 113 Å². The van der Waals surface area contributed by atoms with Crippen molar-refractivity contribution in [2.45, 2.75) is 78.6 Å². The Kier molecular flexibility index (Phi) is 24.7. The largest absolute Gasteiger partial charge is 0.381 e. The first-order valence-electron chi connectivity index (χ1n) is 7.64. The zero-order chi connectivity index (χ0) is 13.9. The van der Waals surface area contributed by atoms with Crippen molar-refractivity contribution >= 4 is 0 Å². The summed E-state index contributed by atoms with van der Waals surface area (Å²) >= 11 is 0. The molecule has 0 amide bonds. The van der Waals surface area contributed by atoms with E-state index in [1.807, 2.05) is 0 Å². The molecule has 0 aliphatic heterocycles. The lowest BCUT2D eigenvalue weighted by Gasteiger charge is -2.01. The lowest BCUT2D eigenvalue weighted by atomic mass is 10.2. The fourth-order valence-electron chi connectivity index (χ4n) is 1.42. The van der Waals surface area contributed by atoms with Gasteiger partial charge in [0.25, 0.3) is 0 Å².